The van der Waals surface area contributed by atoms with Gasteiger partial charge in [-0.1, -0.05) is 6.92 Å². The van der Waals surface area contributed by atoms with Crippen LogP contribution in [0.5, 0.6) is 0 Å². The monoisotopic (exact) mass is 387 g/mol. The van der Waals surface area contributed by atoms with Gasteiger partial charge in [-0.2, -0.15) is 0 Å². The van der Waals surface area contributed by atoms with Crippen LogP contribution in [0.2, 0.25) is 0 Å². The first kappa shape index (κ1) is 17.4. The third-order valence-corrected chi connectivity index (χ3v) is 6.52. The van der Waals surface area contributed by atoms with Crippen LogP contribution in [0.15, 0.2) is 17.6 Å². The third kappa shape index (κ3) is 3.08. The fourth-order valence-corrected chi connectivity index (χ4v) is 5.15. The van der Waals surface area contributed by atoms with E-state index in [-0.39, 0.29) is 5.91 Å². The van der Waals surface area contributed by atoms with Crippen LogP contribution in [0.25, 0.3) is 5.13 Å². The molecule has 6 nitrogen and oxygen atoms in total. The molecule has 3 aromatic heterocycles. The van der Waals surface area contributed by atoms with Gasteiger partial charge in [0.25, 0.3) is 5.91 Å². The number of carbonyl (C=O) groups is 1. The number of hydrogen-bond acceptors (Lipinski definition) is 6. The molecule has 1 aliphatic heterocycles. The summed E-state index contributed by atoms with van der Waals surface area (Å²) in [6.07, 6.45) is 2.73. The Balaban J connectivity index is 1.56. The van der Waals surface area contributed by atoms with Gasteiger partial charge in [0, 0.05) is 47.4 Å². The Bertz CT molecular complexity index is 941. The highest BCUT2D eigenvalue weighted by Gasteiger charge is 2.22. The van der Waals surface area contributed by atoms with E-state index in [1.165, 1.54) is 4.88 Å². The molecule has 8 heteroatoms. The first-order valence-electron chi connectivity index (χ1n) is 8.68. The lowest BCUT2D eigenvalue weighted by Gasteiger charge is -2.23. The van der Waals surface area contributed by atoms with E-state index in [9.17, 15) is 4.79 Å². The number of aromatic nitrogens is 3. The summed E-state index contributed by atoms with van der Waals surface area (Å²) in [5, 5.41) is 6.50. The number of rotatable bonds is 4. The summed E-state index contributed by atoms with van der Waals surface area (Å²) >= 11 is 3.15. The molecule has 4 rings (SSSR count). The van der Waals surface area contributed by atoms with Gasteiger partial charge >= 0.3 is 0 Å². The summed E-state index contributed by atoms with van der Waals surface area (Å²) in [7, 11) is 0. The van der Waals surface area contributed by atoms with Crippen molar-refractivity contribution in [2.45, 2.75) is 33.7 Å². The molecule has 4 heterocycles. The Kier molecular flexibility index (Phi) is 4.64. The van der Waals surface area contributed by atoms with Crippen LogP contribution in [-0.4, -0.2) is 38.4 Å². The molecule has 0 radical (unpaired) electrons. The van der Waals surface area contributed by atoms with Crippen LogP contribution in [0, 0.1) is 13.8 Å². The van der Waals surface area contributed by atoms with Crippen molar-refractivity contribution in [3.63, 3.8) is 0 Å². The number of fused-ring (bicyclic) bond motifs is 1. The lowest BCUT2D eigenvalue weighted by Crippen LogP contribution is -2.29. The number of nitrogens with zero attached hydrogens (tertiary/aromatic N) is 4. The number of hydrogen-bond donors (Lipinski definition) is 1. The predicted molar refractivity (Wildman–Crippen MR) is 106 cm³/mol. The lowest BCUT2D eigenvalue weighted by molar-refractivity contribution is 0.102. The van der Waals surface area contributed by atoms with Gasteiger partial charge in [-0.05, 0) is 26.5 Å². The highest BCUT2D eigenvalue weighted by molar-refractivity contribution is 7.15. The average molecular weight is 388 g/mol. The van der Waals surface area contributed by atoms with Crippen molar-refractivity contribution in [2.24, 2.45) is 0 Å². The van der Waals surface area contributed by atoms with Crippen molar-refractivity contribution in [3.05, 3.63) is 45.2 Å². The summed E-state index contributed by atoms with van der Waals surface area (Å²) < 4.78 is 2.02. The second kappa shape index (κ2) is 6.94. The van der Waals surface area contributed by atoms with Crippen LogP contribution in [0.3, 0.4) is 0 Å². The molecule has 0 unspecified atom stereocenters. The van der Waals surface area contributed by atoms with E-state index >= 15 is 0 Å². The lowest BCUT2D eigenvalue weighted by atomic mass is 10.2. The van der Waals surface area contributed by atoms with Gasteiger partial charge in [0.15, 0.2) is 10.3 Å². The molecular formula is C18H21N5OS2. The zero-order valence-corrected chi connectivity index (χ0v) is 16.7. The Morgan fingerprint density at radius 2 is 2.23 bits per heavy atom. The highest BCUT2D eigenvalue weighted by Crippen LogP contribution is 2.29. The van der Waals surface area contributed by atoms with E-state index in [1.54, 1.807) is 28.9 Å². The summed E-state index contributed by atoms with van der Waals surface area (Å²) in [6.45, 7) is 9.13. The molecule has 0 atom stereocenters. The minimum absolute atomic E-state index is 0.112. The number of carbonyl (C=O) groups excluding carboxylic acids is 1. The molecule has 136 valence electrons. The topological polar surface area (TPSA) is 63.1 Å². The summed E-state index contributed by atoms with van der Waals surface area (Å²) in [5.41, 5.74) is 3.69. The molecule has 3 aromatic rings. The van der Waals surface area contributed by atoms with Gasteiger partial charge in [-0.25, -0.2) is 9.97 Å². The zero-order chi connectivity index (χ0) is 18.3. The molecule has 26 heavy (non-hydrogen) atoms. The van der Waals surface area contributed by atoms with Crippen molar-refractivity contribution >= 4 is 33.7 Å². The van der Waals surface area contributed by atoms with Gasteiger partial charge in [-0.15, -0.1) is 22.7 Å². The average Bonchev–Trinajstić information content (AvgIpc) is 3.33. The van der Waals surface area contributed by atoms with Gasteiger partial charge in [0.1, 0.15) is 0 Å². The van der Waals surface area contributed by atoms with Crippen molar-refractivity contribution in [1.29, 1.82) is 0 Å². The maximum Gasteiger partial charge on any atom is 0.259 e. The smallest absolute Gasteiger partial charge is 0.259 e. The normalized spacial score (nSPS) is 14.4. The van der Waals surface area contributed by atoms with Gasteiger partial charge in [0.05, 0.1) is 11.3 Å². The minimum atomic E-state index is -0.112. The standard InChI is InChI=1S/C18H21N5OS2/c1-4-22-7-5-14-15(10-22)26-17(20-14)21-16(24)13-9-11(2)23(12(13)3)18-19-6-8-25-18/h6,8-9H,4-5,7,10H2,1-3H3,(H,20,21,24). The van der Waals surface area contributed by atoms with E-state index in [1.807, 2.05) is 29.9 Å². The van der Waals surface area contributed by atoms with Crippen LogP contribution >= 0.6 is 22.7 Å². The number of likely N-dealkylation sites (N-methyl/N-ethyl adjacent to an activating group) is 1. The SMILES string of the molecule is CCN1CCc2nc(NC(=O)c3cc(C)n(-c4nccs4)c3C)sc2C1. The molecule has 1 aliphatic rings. The molecule has 0 saturated carbocycles. The van der Waals surface area contributed by atoms with Crippen molar-refractivity contribution < 1.29 is 4.79 Å². The zero-order valence-electron chi connectivity index (χ0n) is 15.1. The van der Waals surface area contributed by atoms with E-state index in [2.05, 4.69) is 27.1 Å². The van der Waals surface area contributed by atoms with Crippen molar-refractivity contribution in [1.82, 2.24) is 19.4 Å². The number of nitrogens with one attached hydrogen (secondary N) is 1. The third-order valence-electron chi connectivity index (χ3n) is 4.76. The fourth-order valence-electron chi connectivity index (χ4n) is 3.35. The molecule has 0 spiro atoms. The largest absolute Gasteiger partial charge is 0.298 e. The predicted octanol–water partition coefficient (Wildman–Crippen LogP) is 3.64. The van der Waals surface area contributed by atoms with E-state index in [0.29, 0.717) is 10.7 Å². The highest BCUT2D eigenvalue weighted by atomic mass is 32.1. The van der Waals surface area contributed by atoms with Crippen molar-refractivity contribution in [2.75, 3.05) is 18.4 Å². The van der Waals surface area contributed by atoms with Crippen molar-refractivity contribution in [3.8, 4) is 5.13 Å². The van der Waals surface area contributed by atoms with Gasteiger partial charge in [0.2, 0.25) is 0 Å². The molecular weight excluding hydrogens is 366 g/mol. The summed E-state index contributed by atoms with van der Waals surface area (Å²) in [5.74, 6) is -0.112. The molecule has 0 saturated heterocycles. The molecule has 0 bridgehead atoms. The number of anilines is 1. The maximum atomic E-state index is 12.8. The molecule has 1 amide bonds. The van der Waals surface area contributed by atoms with Crippen LogP contribution in [0.1, 0.15) is 39.2 Å². The summed E-state index contributed by atoms with van der Waals surface area (Å²) in [4.78, 5) is 25.5. The Labute approximate surface area is 160 Å². The Morgan fingerprint density at radius 3 is 2.96 bits per heavy atom. The molecule has 0 fully saturated rings. The van der Waals surface area contributed by atoms with Gasteiger partial charge < -0.3 is 0 Å². The maximum absolute atomic E-state index is 12.8. The minimum Gasteiger partial charge on any atom is -0.298 e. The number of thiazole rings is 2. The van der Waals surface area contributed by atoms with E-state index in [0.717, 1.165) is 48.3 Å². The second-order valence-corrected chi connectivity index (χ2v) is 8.35. The molecule has 0 aliphatic carbocycles. The van der Waals surface area contributed by atoms with Crippen LogP contribution in [-0.2, 0) is 13.0 Å². The number of aryl methyl sites for hydroxylation is 1. The van der Waals surface area contributed by atoms with E-state index < -0.39 is 0 Å². The van der Waals surface area contributed by atoms with E-state index in [4.69, 9.17) is 0 Å². The quantitative estimate of drug-likeness (QED) is 0.742. The Hall–Kier alpha value is -2.03. The second-order valence-electron chi connectivity index (χ2n) is 6.40. The Morgan fingerprint density at radius 1 is 1.38 bits per heavy atom. The van der Waals surface area contributed by atoms with Crippen LogP contribution in [0.4, 0.5) is 5.13 Å². The van der Waals surface area contributed by atoms with Gasteiger partial charge in [-0.3, -0.25) is 19.6 Å². The first-order valence-corrected chi connectivity index (χ1v) is 10.4. The molecule has 1 N–H and O–H groups in total. The molecule has 0 aromatic carbocycles. The fraction of sp³-hybridized carbons (Fsp3) is 0.389. The summed E-state index contributed by atoms with van der Waals surface area (Å²) in [6, 6.07) is 1.92. The first-order chi connectivity index (χ1) is 12.6. The van der Waals surface area contributed by atoms with Crippen LogP contribution < -0.4 is 5.32 Å². The number of amides is 1.